The van der Waals surface area contributed by atoms with Gasteiger partial charge in [-0.15, -0.1) is 0 Å². The Balaban J connectivity index is 2.02. The van der Waals surface area contributed by atoms with Gasteiger partial charge in [-0.25, -0.2) is 9.37 Å². The number of rotatable bonds is 2. The van der Waals surface area contributed by atoms with Crippen LogP contribution in [0.5, 0.6) is 0 Å². The van der Waals surface area contributed by atoms with Crippen LogP contribution in [0.25, 0.3) is 11.0 Å². The lowest BCUT2D eigenvalue weighted by Crippen LogP contribution is -2.27. The molecule has 0 bridgehead atoms. The van der Waals surface area contributed by atoms with Crippen molar-refractivity contribution in [3.63, 3.8) is 0 Å². The number of imidazole rings is 1. The van der Waals surface area contributed by atoms with Crippen molar-refractivity contribution in [3.8, 4) is 0 Å². The van der Waals surface area contributed by atoms with E-state index in [1.165, 1.54) is 18.9 Å². The first kappa shape index (κ1) is 10.7. The summed E-state index contributed by atoms with van der Waals surface area (Å²) in [5.41, 5.74) is 1.39. The van der Waals surface area contributed by atoms with E-state index in [1.54, 1.807) is 6.07 Å². The van der Waals surface area contributed by atoms with Crippen LogP contribution in [0.15, 0.2) is 18.2 Å². The quantitative estimate of drug-likeness (QED) is 0.862. The van der Waals surface area contributed by atoms with Gasteiger partial charge in [0.25, 0.3) is 0 Å². The third kappa shape index (κ3) is 1.82. The number of fused-ring (bicyclic) bond motifs is 1. The molecule has 3 nitrogen and oxygen atoms in total. The molecule has 1 fully saturated rings. The maximum atomic E-state index is 13.6. The minimum Gasteiger partial charge on any atom is -0.327 e. The van der Waals surface area contributed by atoms with Gasteiger partial charge in [0, 0.05) is 12.6 Å². The molecule has 17 heavy (non-hydrogen) atoms. The first-order valence-corrected chi connectivity index (χ1v) is 6.10. The molecule has 0 amide bonds. The minimum atomic E-state index is -0.233. The normalized spacial score (nSPS) is 20.2. The van der Waals surface area contributed by atoms with E-state index in [-0.39, 0.29) is 5.82 Å². The standard InChI is InChI=1S/C13H16FN3/c1-9-16-13-11(14)5-2-6-12(13)17(9)8-10-4-3-7-15-10/h2,5-6,10,15H,3-4,7-8H2,1H3. The maximum absolute atomic E-state index is 13.6. The Morgan fingerprint density at radius 2 is 2.41 bits per heavy atom. The maximum Gasteiger partial charge on any atom is 0.151 e. The summed E-state index contributed by atoms with van der Waals surface area (Å²) in [5, 5.41) is 3.46. The van der Waals surface area contributed by atoms with Crippen molar-refractivity contribution in [1.29, 1.82) is 0 Å². The third-order valence-corrected chi connectivity index (χ3v) is 3.49. The molecule has 0 saturated carbocycles. The van der Waals surface area contributed by atoms with E-state index in [2.05, 4.69) is 14.9 Å². The predicted molar refractivity (Wildman–Crippen MR) is 65.5 cm³/mol. The van der Waals surface area contributed by atoms with Crippen molar-refractivity contribution in [2.45, 2.75) is 32.4 Å². The van der Waals surface area contributed by atoms with Crippen molar-refractivity contribution in [2.75, 3.05) is 6.54 Å². The van der Waals surface area contributed by atoms with Crippen LogP contribution in [-0.4, -0.2) is 22.1 Å². The molecular weight excluding hydrogens is 217 g/mol. The van der Waals surface area contributed by atoms with E-state index < -0.39 is 0 Å². The van der Waals surface area contributed by atoms with E-state index in [1.807, 2.05) is 13.0 Å². The SMILES string of the molecule is Cc1nc2c(F)cccc2n1CC1CCCN1. The molecule has 1 aromatic heterocycles. The van der Waals surface area contributed by atoms with E-state index in [0.717, 1.165) is 24.4 Å². The molecule has 90 valence electrons. The zero-order valence-electron chi connectivity index (χ0n) is 9.91. The van der Waals surface area contributed by atoms with Crippen LogP contribution >= 0.6 is 0 Å². The molecule has 1 aliphatic heterocycles. The molecule has 1 aromatic carbocycles. The Morgan fingerprint density at radius 3 is 3.18 bits per heavy atom. The molecule has 1 N–H and O–H groups in total. The number of hydrogen-bond acceptors (Lipinski definition) is 2. The highest BCUT2D eigenvalue weighted by molar-refractivity contribution is 5.76. The lowest BCUT2D eigenvalue weighted by molar-refractivity contribution is 0.510. The van der Waals surface area contributed by atoms with Crippen LogP contribution in [0, 0.1) is 12.7 Å². The Labute approximate surface area is 99.7 Å². The number of nitrogens with zero attached hydrogens (tertiary/aromatic N) is 2. The lowest BCUT2D eigenvalue weighted by atomic mass is 10.2. The number of benzene rings is 1. The van der Waals surface area contributed by atoms with Gasteiger partial charge < -0.3 is 9.88 Å². The zero-order chi connectivity index (χ0) is 11.8. The summed E-state index contributed by atoms with van der Waals surface area (Å²) >= 11 is 0. The molecule has 4 heteroatoms. The fraction of sp³-hybridized carbons (Fsp3) is 0.462. The van der Waals surface area contributed by atoms with Crippen molar-refractivity contribution in [3.05, 3.63) is 29.8 Å². The van der Waals surface area contributed by atoms with Gasteiger partial charge in [0.1, 0.15) is 11.3 Å². The average molecular weight is 233 g/mol. The zero-order valence-corrected chi connectivity index (χ0v) is 9.91. The number of halogens is 1. The summed E-state index contributed by atoms with van der Waals surface area (Å²) in [6.45, 7) is 3.91. The van der Waals surface area contributed by atoms with Crippen LogP contribution < -0.4 is 5.32 Å². The van der Waals surface area contributed by atoms with Gasteiger partial charge in [-0.05, 0) is 38.4 Å². The van der Waals surface area contributed by atoms with Crippen LogP contribution in [0.1, 0.15) is 18.7 Å². The predicted octanol–water partition coefficient (Wildman–Crippen LogP) is 2.24. The molecule has 1 saturated heterocycles. The second kappa shape index (κ2) is 4.11. The molecule has 0 radical (unpaired) electrons. The average Bonchev–Trinajstić information content (AvgIpc) is 2.91. The summed E-state index contributed by atoms with van der Waals surface area (Å²) < 4.78 is 15.7. The Hall–Kier alpha value is -1.42. The van der Waals surface area contributed by atoms with E-state index in [9.17, 15) is 4.39 Å². The van der Waals surface area contributed by atoms with E-state index >= 15 is 0 Å². The third-order valence-electron chi connectivity index (χ3n) is 3.49. The highest BCUT2D eigenvalue weighted by atomic mass is 19.1. The molecular formula is C13H16FN3. The Morgan fingerprint density at radius 1 is 1.53 bits per heavy atom. The van der Waals surface area contributed by atoms with Crippen LogP contribution in [0.4, 0.5) is 4.39 Å². The first-order valence-electron chi connectivity index (χ1n) is 6.10. The van der Waals surface area contributed by atoms with Gasteiger partial charge in [0.05, 0.1) is 5.52 Å². The van der Waals surface area contributed by atoms with Gasteiger partial charge in [0.15, 0.2) is 5.82 Å². The monoisotopic (exact) mass is 233 g/mol. The van der Waals surface area contributed by atoms with Crippen LogP contribution in [0.3, 0.4) is 0 Å². The fourth-order valence-electron chi connectivity index (χ4n) is 2.59. The van der Waals surface area contributed by atoms with Crippen molar-refractivity contribution < 1.29 is 4.39 Å². The summed E-state index contributed by atoms with van der Waals surface area (Å²) in [5.74, 6) is 0.655. The van der Waals surface area contributed by atoms with Crippen molar-refractivity contribution in [2.24, 2.45) is 0 Å². The van der Waals surface area contributed by atoms with E-state index in [4.69, 9.17) is 0 Å². The first-order chi connectivity index (χ1) is 8.25. The number of aromatic nitrogens is 2. The van der Waals surface area contributed by atoms with Gasteiger partial charge in [0.2, 0.25) is 0 Å². The number of aryl methyl sites for hydroxylation is 1. The minimum absolute atomic E-state index is 0.233. The highest BCUT2D eigenvalue weighted by Gasteiger charge is 2.18. The topological polar surface area (TPSA) is 29.9 Å². The summed E-state index contributed by atoms with van der Waals surface area (Å²) in [7, 11) is 0. The lowest BCUT2D eigenvalue weighted by Gasteiger charge is -2.13. The Kier molecular flexibility index (Phi) is 2.59. The number of para-hydroxylation sites is 1. The molecule has 1 unspecified atom stereocenters. The summed E-state index contributed by atoms with van der Waals surface area (Å²) in [4.78, 5) is 4.31. The summed E-state index contributed by atoms with van der Waals surface area (Å²) in [6, 6.07) is 5.65. The highest BCUT2D eigenvalue weighted by Crippen LogP contribution is 2.20. The molecule has 2 heterocycles. The van der Waals surface area contributed by atoms with Gasteiger partial charge in [-0.2, -0.15) is 0 Å². The van der Waals surface area contributed by atoms with Gasteiger partial charge in [-0.3, -0.25) is 0 Å². The van der Waals surface area contributed by atoms with Crippen molar-refractivity contribution >= 4 is 11.0 Å². The smallest absolute Gasteiger partial charge is 0.151 e. The summed E-state index contributed by atoms with van der Waals surface area (Å²) in [6.07, 6.45) is 2.42. The largest absolute Gasteiger partial charge is 0.327 e. The molecule has 2 aromatic rings. The molecule has 0 aliphatic carbocycles. The number of nitrogens with one attached hydrogen (secondary N) is 1. The Bertz CT molecular complexity index is 541. The molecule has 1 aliphatic rings. The van der Waals surface area contributed by atoms with Crippen LogP contribution in [-0.2, 0) is 6.54 Å². The van der Waals surface area contributed by atoms with E-state index in [0.29, 0.717) is 11.6 Å². The second-order valence-corrected chi connectivity index (χ2v) is 4.67. The molecule has 0 spiro atoms. The molecule has 3 rings (SSSR count). The molecule has 1 atom stereocenters. The van der Waals surface area contributed by atoms with Crippen molar-refractivity contribution in [1.82, 2.24) is 14.9 Å². The van der Waals surface area contributed by atoms with Crippen LogP contribution in [0.2, 0.25) is 0 Å². The van der Waals surface area contributed by atoms with Gasteiger partial charge >= 0.3 is 0 Å². The number of hydrogen-bond donors (Lipinski definition) is 1. The van der Waals surface area contributed by atoms with Gasteiger partial charge in [-0.1, -0.05) is 6.07 Å². The fourth-order valence-corrected chi connectivity index (χ4v) is 2.59. The second-order valence-electron chi connectivity index (χ2n) is 4.67.